The highest BCUT2D eigenvalue weighted by molar-refractivity contribution is 6.17. The largest absolute Gasteiger partial charge is 0.495 e. The van der Waals surface area contributed by atoms with Crippen LogP contribution in [0.4, 0.5) is 17.1 Å². The van der Waals surface area contributed by atoms with Crippen molar-refractivity contribution in [3.05, 3.63) is 72.4 Å². The molecule has 3 aromatic carbocycles. The molecular formula is C29H28ClN5O4. The standard InChI is InChI=1S/C29H28ClN5O4/c1-32-28(36)18-38-25-6-3-4-7-26(25)39-21-10-8-20(9-11-21)35-29-19(16-31)17-34-23-15-24(33-13-5-12-30)27(37-2)14-22(23)29/h3-4,6-11,14-15,17,33H,5,12-13,18H2,1-2H3,(H,32,36)(H,34,35). The van der Waals surface area contributed by atoms with Gasteiger partial charge in [0.05, 0.1) is 29.6 Å². The third kappa shape index (κ3) is 6.80. The van der Waals surface area contributed by atoms with Gasteiger partial charge in [-0.1, -0.05) is 12.1 Å². The van der Waals surface area contributed by atoms with Crippen molar-refractivity contribution in [3.8, 4) is 29.1 Å². The fourth-order valence-corrected chi connectivity index (χ4v) is 3.92. The number of nitriles is 1. The maximum atomic E-state index is 11.6. The first-order chi connectivity index (χ1) is 19.1. The molecule has 200 valence electrons. The van der Waals surface area contributed by atoms with Gasteiger partial charge < -0.3 is 30.2 Å². The van der Waals surface area contributed by atoms with Crippen LogP contribution in [0, 0.1) is 11.3 Å². The number of nitrogens with zero attached hydrogens (tertiary/aromatic N) is 2. The Morgan fingerprint density at radius 3 is 2.54 bits per heavy atom. The van der Waals surface area contributed by atoms with Crippen LogP contribution >= 0.6 is 11.6 Å². The zero-order valence-corrected chi connectivity index (χ0v) is 22.3. The lowest BCUT2D eigenvalue weighted by Crippen LogP contribution is -2.24. The number of rotatable bonds is 12. The SMILES string of the molecule is CNC(=O)COc1ccccc1Oc1ccc(Nc2c(C#N)cnc3cc(NCCCCl)c(OC)cc23)cc1. The number of benzene rings is 3. The molecule has 4 rings (SSSR count). The molecule has 1 aromatic heterocycles. The second kappa shape index (κ2) is 13.2. The molecule has 9 nitrogen and oxygen atoms in total. The molecule has 0 radical (unpaired) electrons. The number of carbonyl (C=O) groups excluding carboxylic acids is 1. The van der Waals surface area contributed by atoms with Gasteiger partial charge in [0.2, 0.25) is 0 Å². The van der Waals surface area contributed by atoms with Gasteiger partial charge >= 0.3 is 0 Å². The molecule has 0 saturated heterocycles. The number of methoxy groups -OCH3 is 1. The van der Waals surface area contributed by atoms with E-state index in [1.165, 1.54) is 0 Å². The van der Waals surface area contributed by atoms with Gasteiger partial charge in [-0.25, -0.2) is 0 Å². The van der Waals surface area contributed by atoms with E-state index in [0.717, 1.165) is 23.2 Å². The van der Waals surface area contributed by atoms with E-state index in [9.17, 15) is 10.1 Å². The van der Waals surface area contributed by atoms with Crippen LogP contribution in [0.15, 0.2) is 66.9 Å². The lowest BCUT2D eigenvalue weighted by atomic mass is 10.1. The Labute approximate surface area is 231 Å². The summed E-state index contributed by atoms with van der Waals surface area (Å²) in [5.74, 6) is 2.47. The van der Waals surface area contributed by atoms with E-state index in [-0.39, 0.29) is 12.5 Å². The number of anilines is 3. The molecule has 3 N–H and O–H groups in total. The Bertz CT molecular complexity index is 1490. The highest BCUT2D eigenvalue weighted by atomic mass is 35.5. The Kier molecular flexibility index (Phi) is 9.27. The highest BCUT2D eigenvalue weighted by Crippen LogP contribution is 2.37. The molecule has 1 amide bonds. The van der Waals surface area contributed by atoms with Crippen LogP contribution in [0.25, 0.3) is 10.9 Å². The lowest BCUT2D eigenvalue weighted by Gasteiger charge is -2.16. The average molecular weight is 546 g/mol. The van der Waals surface area contributed by atoms with Gasteiger partial charge in [0.1, 0.15) is 17.6 Å². The van der Waals surface area contributed by atoms with E-state index in [1.54, 1.807) is 50.7 Å². The predicted octanol–water partition coefficient (Wildman–Crippen LogP) is 5.82. The van der Waals surface area contributed by atoms with Crippen molar-refractivity contribution in [1.82, 2.24) is 10.3 Å². The maximum absolute atomic E-state index is 11.6. The first kappa shape index (κ1) is 27.4. The molecule has 0 atom stereocenters. The van der Waals surface area contributed by atoms with Crippen LogP contribution in [0.5, 0.6) is 23.0 Å². The van der Waals surface area contributed by atoms with Gasteiger partial charge in [-0.15, -0.1) is 11.6 Å². The van der Waals surface area contributed by atoms with Crippen molar-refractivity contribution < 1.29 is 19.0 Å². The van der Waals surface area contributed by atoms with Crippen LogP contribution in [0.2, 0.25) is 0 Å². The van der Waals surface area contributed by atoms with Crippen molar-refractivity contribution in [3.63, 3.8) is 0 Å². The number of alkyl halides is 1. The molecule has 1 heterocycles. The molecule has 0 bridgehead atoms. The number of ether oxygens (including phenoxy) is 3. The van der Waals surface area contributed by atoms with Gasteiger partial charge in [-0.3, -0.25) is 9.78 Å². The Morgan fingerprint density at radius 1 is 1.08 bits per heavy atom. The summed E-state index contributed by atoms with van der Waals surface area (Å²) in [6, 6.07) is 20.4. The smallest absolute Gasteiger partial charge is 0.257 e. The monoisotopic (exact) mass is 545 g/mol. The summed E-state index contributed by atoms with van der Waals surface area (Å²) >= 11 is 5.80. The van der Waals surface area contributed by atoms with Gasteiger partial charge in [-0.2, -0.15) is 5.26 Å². The molecule has 0 spiro atoms. The van der Waals surface area contributed by atoms with Crippen LogP contribution in [-0.2, 0) is 4.79 Å². The number of aromatic nitrogens is 1. The summed E-state index contributed by atoms with van der Waals surface area (Å²) in [5, 5.41) is 19.7. The third-order valence-corrected chi connectivity index (χ3v) is 6.04. The average Bonchev–Trinajstić information content (AvgIpc) is 2.97. The number of hydrogen-bond donors (Lipinski definition) is 3. The fourth-order valence-electron chi connectivity index (χ4n) is 3.78. The molecule has 39 heavy (non-hydrogen) atoms. The van der Waals surface area contributed by atoms with Crippen molar-refractivity contribution in [2.24, 2.45) is 0 Å². The number of hydrogen-bond acceptors (Lipinski definition) is 8. The van der Waals surface area contributed by atoms with E-state index >= 15 is 0 Å². The Morgan fingerprint density at radius 2 is 1.85 bits per heavy atom. The number of amides is 1. The maximum Gasteiger partial charge on any atom is 0.257 e. The van der Waals surface area contributed by atoms with Crippen molar-refractivity contribution >= 4 is 45.5 Å². The summed E-state index contributed by atoms with van der Waals surface area (Å²) < 4.78 is 17.2. The number of pyridine rings is 1. The van der Waals surface area contributed by atoms with Crippen LogP contribution in [-0.4, -0.2) is 44.1 Å². The number of carbonyl (C=O) groups is 1. The molecule has 0 aliphatic carbocycles. The van der Waals surface area contributed by atoms with E-state index in [0.29, 0.717) is 52.2 Å². The van der Waals surface area contributed by atoms with Gasteiger partial charge in [0.25, 0.3) is 5.91 Å². The molecule has 0 aliphatic rings. The first-order valence-electron chi connectivity index (χ1n) is 12.2. The minimum atomic E-state index is -0.239. The molecule has 0 saturated carbocycles. The van der Waals surface area contributed by atoms with Crippen LogP contribution in [0.3, 0.4) is 0 Å². The summed E-state index contributed by atoms with van der Waals surface area (Å²) in [6.07, 6.45) is 2.36. The van der Waals surface area contributed by atoms with Crippen LogP contribution < -0.4 is 30.2 Å². The molecule has 10 heteroatoms. The predicted molar refractivity (Wildman–Crippen MR) is 153 cm³/mol. The van der Waals surface area contributed by atoms with E-state index in [1.807, 2.05) is 30.3 Å². The number of likely N-dealkylation sites (N-methyl/N-ethyl adjacent to an activating group) is 1. The van der Waals surface area contributed by atoms with Crippen LogP contribution in [0.1, 0.15) is 12.0 Å². The summed E-state index contributed by atoms with van der Waals surface area (Å²) in [5.41, 5.74) is 3.28. The van der Waals surface area contributed by atoms with Crippen molar-refractivity contribution in [1.29, 1.82) is 5.26 Å². The second-order valence-electron chi connectivity index (χ2n) is 8.36. The minimum Gasteiger partial charge on any atom is -0.495 e. The number of fused-ring (bicyclic) bond motifs is 1. The summed E-state index contributed by atoms with van der Waals surface area (Å²) in [7, 11) is 3.15. The van der Waals surface area contributed by atoms with Gasteiger partial charge in [0.15, 0.2) is 18.1 Å². The van der Waals surface area contributed by atoms with E-state index < -0.39 is 0 Å². The molecular weight excluding hydrogens is 518 g/mol. The molecule has 4 aromatic rings. The topological polar surface area (TPSA) is 118 Å². The summed E-state index contributed by atoms with van der Waals surface area (Å²) in [4.78, 5) is 16.0. The van der Waals surface area contributed by atoms with Gasteiger partial charge in [-0.05, 0) is 55.0 Å². The third-order valence-electron chi connectivity index (χ3n) is 5.77. The number of para-hydroxylation sites is 2. The lowest BCUT2D eigenvalue weighted by molar-refractivity contribution is -0.122. The zero-order valence-electron chi connectivity index (χ0n) is 21.6. The Hall–Kier alpha value is -4.68. The second-order valence-corrected chi connectivity index (χ2v) is 8.74. The van der Waals surface area contributed by atoms with Gasteiger partial charge in [0, 0.05) is 36.7 Å². The van der Waals surface area contributed by atoms with Crippen molar-refractivity contribution in [2.45, 2.75) is 6.42 Å². The number of nitrogens with one attached hydrogen (secondary N) is 3. The van der Waals surface area contributed by atoms with E-state index in [2.05, 4.69) is 27.0 Å². The zero-order chi connectivity index (χ0) is 27.6. The normalized spacial score (nSPS) is 10.4. The van der Waals surface area contributed by atoms with Crippen molar-refractivity contribution in [2.75, 3.05) is 43.8 Å². The quantitative estimate of drug-likeness (QED) is 0.151. The fraction of sp³-hybridized carbons (Fsp3) is 0.207. The minimum absolute atomic E-state index is 0.114. The number of halogens is 1. The first-order valence-corrected chi connectivity index (χ1v) is 12.8. The summed E-state index contributed by atoms with van der Waals surface area (Å²) in [6.45, 7) is 0.586. The molecule has 0 unspecified atom stereocenters. The molecule has 0 aliphatic heterocycles. The van der Waals surface area contributed by atoms with E-state index in [4.69, 9.17) is 25.8 Å². The highest BCUT2D eigenvalue weighted by Gasteiger charge is 2.14. The molecule has 0 fully saturated rings. The Balaban J connectivity index is 1.57.